The van der Waals surface area contributed by atoms with Gasteiger partial charge in [-0.2, -0.15) is 0 Å². The number of thioether (sulfide) groups is 1. The van der Waals surface area contributed by atoms with E-state index >= 15 is 0 Å². The van der Waals surface area contributed by atoms with Crippen molar-refractivity contribution >= 4 is 17.7 Å². The van der Waals surface area contributed by atoms with E-state index in [-0.39, 0.29) is 17.5 Å². The Labute approximate surface area is 114 Å². The van der Waals surface area contributed by atoms with Crippen molar-refractivity contribution in [3.8, 4) is 0 Å². The minimum atomic E-state index is -0.380. The molecule has 0 bridgehead atoms. The normalized spacial score (nSPS) is 36.9. The van der Waals surface area contributed by atoms with E-state index in [1.807, 2.05) is 0 Å². The number of hydrogen-bond donors (Lipinski definition) is 0. The van der Waals surface area contributed by atoms with E-state index in [1.54, 1.807) is 11.8 Å². The SMILES string of the molecule is CC1CC[C@@H](C(C)C)C(OC(=O)[C@@H]2OCCS2)C1. The number of hydrogen-bond acceptors (Lipinski definition) is 4. The maximum absolute atomic E-state index is 12.0. The number of carbonyl (C=O) groups excluding carboxylic acids is 1. The molecule has 104 valence electrons. The van der Waals surface area contributed by atoms with Gasteiger partial charge in [0.05, 0.1) is 6.61 Å². The molecule has 1 saturated carbocycles. The van der Waals surface area contributed by atoms with Crippen LogP contribution in [-0.4, -0.2) is 29.9 Å². The van der Waals surface area contributed by atoms with Gasteiger partial charge in [-0.25, -0.2) is 4.79 Å². The van der Waals surface area contributed by atoms with Gasteiger partial charge in [-0.15, -0.1) is 11.8 Å². The highest BCUT2D eigenvalue weighted by Gasteiger charge is 2.36. The molecule has 4 heteroatoms. The van der Waals surface area contributed by atoms with E-state index in [0.717, 1.165) is 12.2 Å². The molecule has 18 heavy (non-hydrogen) atoms. The minimum absolute atomic E-state index is 0.0889. The monoisotopic (exact) mass is 272 g/mol. The fourth-order valence-electron chi connectivity index (χ4n) is 2.95. The average Bonchev–Trinajstić information content (AvgIpc) is 2.81. The van der Waals surface area contributed by atoms with E-state index in [0.29, 0.717) is 24.4 Å². The van der Waals surface area contributed by atoms with Crippen molar-refractivity contribution in [1.29, 1.82) is 0 Å². The van der Waals surface area contributed by atoms with Crippen LogP contribution in [0.2, 0.25) is 0 Å². The Morgan fingerprint density at radius 2 is 2.17 bits per heavy atom. The molecule has 3 nitrogen and oxygen atoms in total. The van der Waals surface area contributed by atoms with E-state index in [9.17, 15) is 4.79 Å². The van der Waals surface area contributed by atoms with E-state index < -0.39 is 0 Å². The summed E-state index contributed by atoms with van der Waals surface area (Å²) in [5.41, 5.74) is -0.380. The van der Waals surface area contributed by atoms with Crippen LogP contribution in [-0.2, 0) is 14.3 Å². The standard InChI is InChI=1S/C14H24O3S/c1-9(2)11-5-4-10(3)8-12(11)17-13(15)14-16-6-7-18-14/h9-12,14H,4-8H2,1-3H3/t10?,11-,12?,14+/m0/s1. The molecule has 4 atom stereocenters. The first-order chi connectivity index (χ1) is 8.58. The van der Waals surface area contributed by atoms with Crippen LogP contribution < -0.4 is 0 Å². The second kappa shape index (κ2) is 6.29. The summed E-state index contributed by atoms with van der Waals surface area (Å²) >= 11 is 1.55. The summed E-state index contributed by atoms with van der Waals surface area (Å²) in [7, 11) is 0. The highest BCUT2D eigenvalue weighted by molar-refractivity contribution is 8.00. The van der Waals surface area contributed by atoms with Gasteiger partial charge < -0.3 is 9.47 Å². The lowest BCUT2D eigenvalue weighted by molar-refractivity contribution is -0.162. The maximum Gasteiger partial charge on any atom is 0.346 e. The predicted octanol–water partition coefficient (Wildman–Crippen LogP) is 3.08. The lowest BCUT2D eigenvalue weighted by Gasteiger charge is -2.37. The second-order valence-electron chi connectivity index (χ2n) is 5.87. The van der Waals surface area contributed by atoms with E-state index in [1.165, 1.54) is 12.8 Å². The lowest BCUT2D eigenvalue weighted by atomic mass is 9.75. The Hall–Kier alpha value is -0.220. The van der Waals surface area contributed by atoms with Gasteiger partial charge in [-0.1, -0.05) is 27.2 Å². The summed E-state index contributed by atoms with van der Waals surface area (Å²) in [5, 5.41) is 0. The molecule has 0 amide bonds. The highest BCUT2D eigenvalue weighted by Crippen LogP contribution is 2.36. The summed E-state index contributed by atoms with van der Waals surface area (Å²) in [6.07, 6.45) is 3.53. The smallest absolute Gasteiger partial charge is 0.346 e. The first kappa shape index (κ1) is 14.2. The molecule has 2 fully saturated rings. The Kier molecular flexibility index (Phi) is 4.96. The fourth-order valence-corrected chi connectivity index (χ4v) is 3.74. The van der Waals surface area contributed by atoms with Crippen molar-refractivity contribution in [2.75, 3.05) is 12.4 Å². The lowest BCUT2D eigenvalue weighted by Crippen LogP contribution is -2.37. The van der Waals surface area contributed by atoms with Crippen LogP contribution in [0.3, 0.4) is 0 Å². The van der Waals surface area contributed by atoms with Gasteiger partial charge in [-0.3, -0.25) is 0 Å². The molecule has 0 radical (unpaired) electrons. The first-order valence-electron chi connectivity index (χ1n) is 7.01. The van der Waals surface area contributed by atoms with Gasteiger partial charge in [0.1, 0.15) is 6.10 Å². The van der Waals surface area contributed by atoms with Crippen molar-refractivity contribution in [1.82, 2.24) is 0 Å². The predicted molar refractivity (Wildman–Crippen MR) is 73.4 cm³/mol. The minimum Gasteiger partial charge on any atom is -0.459 e. The summed E-state index contributed by atoms with van der Waals surface area (Å²) in [5.74, 6) is 2.48. The molecule has 0 N–H and O–H groups in total. The van der Waals surface area contributed by atoms with Gasteiger partial charge in [0.25, 0.3) is 0 Å². The van der Waals surface area contributed by atoms with Crippen LogP contribution in [0, 0.1) is 17.8 Å². The number of esters is 1. The third kappa shape index (κ3) is 3.41. The van der Waals surface area contributed by atoms with Gasteiger partial charge in [0, 0.05) is 5.75 Å². The van der Waals surface area contributed by atoms with Crippen molar-refractivity contribution < 1.29 is 14.3 Å². The molecule has 0 spiro atoms. The molecule has 1 saturated heterocycles. The first-order valence-corrected chi connectivity index (χ1v) is 8.06. The topological polar surface area (TPSA) is 35.5 Å². The van der Waals surface area contributed by atoms with Crippen LogP contribution in [0.5, 0.6) is 0 Å². The molecular weight excluding hydrogens is 248 g/mol. The van der Waals surface area contributed by atoms with Crippen molar-refractivity contribution in [3.63, 3.8) is 0 Å². The Morgan fingerprint density at radius 3 is 2.78 bits per heavy atom. The third-order valence-corrected chi connectivity index (χ3v) is 5.08. The molecule has 0 aromatic rings. The zero-order valence-corrected chi connectivity index (χ0v) is 12.4. The van der Waals surface area contributed by atoms with Gasteiger partial charge >= 0.3 is 5.97 Å². The molecule has 1 aliphatic carbocycles. The second-order valence-corrected chi connectivity index (χ2v) is 7.04. The summed E-state index contributed by atoms with van der Waals surface area (Å²) in [6, 6.07) is 0. The molecule has 1 aliphatic heterocycles. The Morgan fingerprint density at radius 1 is 1.39 bits per heavy atom. The van der Waals surface area contributed by atoms with Gasteiger partial charge in [-0.05, 0) is 30.6 Å². The van der Waals surface area contributed by atoms with Crippen LogP contribution in [0.25, 0.3) is 0 Å². The van der Waals surface area contributed by atoms with E-state index in [4.69, 9.17) is 9.47 Å². The molecule has 0 aromatic heterocycles. The maximum atomic E-state index is 12.0. The molecule has 2 unspecified atom stereocenters. The van der Waals surface area contributed by atoms with Crippen molar-refractivity contribution in [2.24, 2.45) is 17.8 Å². The summed E-state index contributed by atoms with van der Waals surface area (Å²) in [4.78, 5) is 12.0. The largest absolute Gasteiger partial charge is 0.459 e. The van der Waals surface area contributed by atoms with Gasteiger partial charge in [0.15, 0.2) is 0 Å². The quantitative estimate of drug-likeness (QED) is 0.740. The average molecular weight is 272 g/mol. The zero-order valence-electron chi connectivity index (χ0n) is 11.6. The molecule has 2 aliphatic rings. The van der Waals surface area contributed by atoms with Crippen LogP contribution in [0.1, 0.15) is 40.0 Å². The molecule has 0 aromatic carbocycles. The van der Waals surface area contributed by atoms with Crippen molar-refractivity contribution in [3.05, 3.63) is 0 Å². The van der Waals surface area contributed by atoms with Crippen LogP contribution in [0.4, 0.5) is 0 Å². The van der Waals surface area contributed by atoms with Gasteiger partial charge in [0.2, 0.25) is 5.44 Å². The third-order valence-electron chi connectivity index (χ3n) is 4.04. The Bertz CT molecular complexity index is 287. The summed E-state index contributed by atoms with van der Waals surface area (Å²) < 4.78 is 11.1. The number of ether oxygens (including phenoxy) is 2. The van der Waals surface area contributed by atoms with Crippen LogP contribution >= 0.6 is 11.8 Å². The highest BCUT2D eigenvalue weighted by atomic mass is 32.2. The number of rotatable bonds is 3. The van der Waals surface area contributed by atoms with Crippen LogP contribution in [0.15, 0.2) is 0 Å². The molecule has 1 heterocycles. The van der Waals surface area contributed by atoms with Crippen molar-refractivity contribution in [2.45, 2.75) is 51.6 Å². The zero-order chi connectivity index (χ0) is 13.1. The fraction of sp³-hybridized carbons (Fsp3) is 0.929. The summed E-state index contributed by atoms with van der Waals surface area (Å²) in [6.45, 7) is 7.36. The van der Waals surface area contributed by atoms with E-state index in [2.05, 4.69) is 20.8 Å². The molecular formula is C14H24O3S. The number of carbonyl (C=O) groups is 1. The molecule has 2 rings (SSSR count). The Balaban J connectivity index is 1.93.